The first kappa shape index (κ1) is 44.1. The number of ether oxygens (including phenoxy) is 4. The van der Waals surface area contributed by atoms with Gasteiger partial charge in [-0.25, -0.2) is 9.18 Å². The van der Waals surface area contributed by atoms with Crippen molar-refractivity contribution in [3.05, 3.63) is 126 Å². The molecule has 4 aromatic rings. The molecule has 1 amide bonds. The normalized spacial score (nSPS) is 23.3. The van der Waals surface area contributed by atoms with Crippen molar-refractivity contribution in [3.8, 4) is 17.2 Å². The molecule has 0 unspecified atom stereocenters. The number of carbonyl (C=O) groups is 1. The first-order chi connectivity index (χ1) is 29.8. The predicted molar refractivity (Wildman–Crippen MR) is 235 cm³/mol. The lowest BCUT2D eigenvalue weighted by molar-refractivity contribution is -0.256. The summed E-state index contributed by atoms with van der Waals surface area (Å²) in [6, 6.07) is 25.2. The monoisotopic (exact) mass is 854 g/mol. The smallest absolute Gasteiger partial charge is 0.410 e. The second-order valence-electron chi connectivity index (χ2n) is 15.9. The molecule has 1 saturated carbocycles. The maximum atomic E-state index is 14.4. The highest BCUT2D eigenvalue weighted by atomic mass is 35.5. The van der Waals surface area contributed by atoms with Gasteiger partial charge in [0.1, 0.15) is 42.3 Å². The van der Waals surface area contributed by atoms with E-state index >= 15 is 0 Å². The highest BCUT2D eigenvalue weighted by Crippen LogP contribution is 2.62. The van der Waals surface area contributed by atoms with Crippen LogP contribution in [-0.2, 0) is 20.9 Å². The molecule has 324 valence electrons. The van der Waals surface area contributed by atoms with Gasteiger partial charge in [0.15, 0.2) is 0 Å². The van der Waals surface area contributed by atoms with Crippen LogP contribution < -0.4 is 9.47 Å². The predicted octanol–water partition coefficient (Wildman–Crippen LogP) is 10.3. The summed E-state index contributed by atoms with van der Waals surface area (Å²) in [4.78, 5) is 21.8. The quantitative estimate of drug-likeness (QED) is 0.0390. The van der Waals surface area contributed by atoms with Crippen LogP contribution in [0.4, 0.5) is 9.18 Å². The third-order valence-electron chi connectivity index (χ3n) is 12.1. The number of benzene rings is 4. The minimum atomic E-state index is -1.51. The molecule has 12 heteroatoms. The Hall–Kier alpha value is -4.94. The average molecular weight is 855 g/mol. The summed E-state index contributed by atoms with van der Waals surface area (Å²) < 4.78 is 40.9. The van der Waals surface area contributed by atoms with E-state index < -0.39 is 29.7 Å². The number of fused-ring (bicyclic) bond motifs is 3. The van der Waals surface area contributed by atoms with Gasteiger partial charge in [-0.05, 0) is 109 Å². The summed E-state index contributed by atoms with van der Waals surface area (Å²) in [6.45, 7) is 6.48. The summed E-state index contributed by atoms with van der Waals surface area (Å²) in [7, 11) is 0. The molecule has 0 bridgehead atoms. The van der Waals surface area contributed by atoms with Crippen molar-refractivity contribution in [3.63, 3.8) is 0 Å². The number of allylic oxidation sites excluding steroid dienone is 1. The van der Waals surface area contributed by atoms with E-state index in [9.17, 15) is 19.4 Å². The topological polar surface area (TPSA) is 119 Å². The van der Waals surface area contributed by atoms with Crippen LogP contribution in [0.15, 0.2) is 114 Å². The van der Waals surface area contributed by atoms with E-state index in [-0.39, 0.29) is 63.0 Å². The van der Waals surface area contributed by atoms with E-state index in [1.165, 1.54) is 12.1 Å². The van der Waals surface area contributed by atoms with Crippen molar-refractivity contribution in [2.24, 2.45) is 22.9 Å². The van der Waals surface area contributed by atoms with Crippen LogP contribution in [0.3, 0.4) is 0 Å². The zero-order valence-corrected chi connectivity index (χ0v) is 35.5. The number of hydrogen-bond donors (Lipinski definition) is 2. The first-order valence-corrected chi connectivity index (χ1v) is 22.0. The Morgan fingerprint density at radius 3 is 2.46 bits per heavy atom. The summed E-state index contributed by atoms with van der Waals surface area (Å²) in [5.74, 6) is -0.601. The number of halogens is 2. The minimum absolute atomic E-state index is 0.0186. The van der Waals surface area contributed by atoms with Crippen LogP contribution in [0.5, 0.6) is 17.2 Å². The Kier molecular flexibility index (Phi) is 15.0. The maximum Gasteiger partial charge on any atom is 0.410 e. The van der Waals surface area contributed by atoms with Crippen molar-refractivity contribution in [2.45, 2.75) is 76.2 Å². The van der Waals surface area contributed by atoms with Crippen molar-refractivity contribution in [2.75, 3.05) is 38.9 Å². The van der Waals surface area contributed by atoms with Crippen LogP contribution in [0, 0.1) is 23.6 Å². The number of aliphatic hydroxyl groups is 2. The van der Waals surface area contributed by atoms with E-state index in [1.807, 2.05) is 49.4 Å². The lowest BCUT2D eigenvalue weighted by Crippen LogP contribution is -2.70. The van der Waals surface area contributed by atoms with Gasteiger partial charge in [-0.1, -0.05) is 72.6 Å². The second kappa shape index (κ2) is 20.8. The Bertz CT molecular complexity index is 2180. The highest BCUT2D eigenvalue weighted by molar-refractivity contribution is 6.18. The molecule has 7 rings (SSSR count). The van der Waals surface area contributed by atoms with Gasteiger partial charge in [0.05, 0.1) is 24.1 Å². The third-order valence-corrected chi connectivity index (χ3v) is 12.2. The molecular formula is C49H56ClFN2O8. The lowest BCUT2D eigenvalue weighted by Gasteiger charge is -2.59. The highest BCUT2D eigenvalue weighted by Gasteiger charge is 2.65. The zero-order valence-electron chi connectivity index (χ0n) is 34.7. The third kappa shape index (κ3) is 9.75. The number of carbonyl (C=O) groups excluding carboxylic acids is 1. The molecule has 10 nitrogen and oxygen atoms in total. The van der Waals surface area contributed by atoms with E-state index in [2.05, 4.69) is 30.9 Å². The fourth-order valence-corrected chi connectivity index (χ4v) is 9.60. The van der Waals surface area contributed by atoms with Crippen molar-refractivity contribution >= 4 is 34.2 Å². The van der Waals surface area contributed by atoms with E-state index in [4.69, 9.17) is 40.5 Å². The molecule has 1 heterocycles. The van der Waals surface area contributed by atoms with E-state index in [0.29, 0.717) is 48.0 Å². The molecule has 3 aliphatic rings. The van der Waals surface area contributed by atoms with Crippen molar-refractivity contribution in [1.29, 1.82) is 0 Å². The number of alkyl halides is 1. The SMILES string of the molecule is C=CCO[C@@]12Oc3ccc(Oc4ccc5ccccc5c4)cc3[C@H]3[C@H](CCCCO)[C@@H](CCCCO)C=C(C(=NOCC)C[C@@H]1N(Cc1ccc(F)cc1)C(=O)OCCCl)[C@H]32. The fourth-order valence-electron chi connectivity index (χ4n) is 9.52. The molecule has 0 radical (unpaired) electrons. The molecule has 1 aliphatic heterocycles. The van der Waals surface area contributed by atoms with Gasteiger partial charge in [-0.2, -0.15) is 0 Å². The number of hydrogen-bond acceptors (Lipinski definition) is 9. The second-order valence-corrected chi connectivity index (χ2v) is 16.2. The molecule has 6 atom stereocenters. The molecule has 2 N–H and O–H groups in total. The summed E-state index contributed by atoms with van der Waals surface area (Å²) in [6.07, 6.45) is 7.99. The Balaban J connectivity index is 1.44. The van der Waals surface area contributed by atoms with Crippen molar-refractivity contribution < 1.29 is 43.2 Å². The molecule has 0 saturated heterocycles. The first-order valence-electron chi connectivity index (χ1n) is 21.4. The average Bonchev–Trinajstić information content (AvgIpc) is 3.28. The number of nitrogens with zero attached hydrogens (tertiary/aromatic N) is 2. The van der Waals surface area contributed by atoms with Crippen molar-refractivity contribution in [1.82, 2.24) is 4.90 Å². The number of amides is 1. The maximum absolute atomic E-state index is 14.4. The number of oxime groups is 1. The van der Waals surface area contributed by atoms with Crippen LogP contribution in [0.1, 0.15) is 68.9 Å². The van der Waals surface area contributed by atoms with Gasteiger partial charge in [-0.3, -0.25) is 4.90 Å². The molecule has 61 heavy (non-hydrogen) atoms. The van der Waals surface area contributed by atoms with Gasteiger partial charge >= 0.3 is 6.09 Å². The van der Waals surface area contributed by atoms with Crippen LogP contribution in [-0.4, -0.2) is 77.7 Å². The van der Waals surface area contributed by atoms with Crippen LogP contribution in [0.25, 0.3) is 10.8 Å². The fraction of sp³-hybridized carbons (Fsp3) is 0.429. The number of unbranched alkanes of at least 4 members (excludes halogenated alkanes) is 2. The molecular weight excluding hydrogens is 799 g/mol. The number of rotatable bonds is 20. The van der Waals surface area contributed by atoms with Gasteiger partial charge in [0.2, 0.25) is 5.79 Å². The Morgan fingerprint density at radius 2 is 1.72 bits per heavy atom. The summed E-state index contributed by atoms with van der Waals surface area (Å²) in [5.41, 5.74) is 3.17. The molecule has 2 aliphatic carbocycles. The zero-order chi connectivity index (χ0) is 42.8. The Labute approximate surface area is 362 Å². The van der Waals surface area contributed by atoms with Gasteiger partial charge in [-0.15, -0.1) is 18.2 Å². The molecule has 0 spiro atoms. The molecule has 1 fully saturated rings. The van der Waals surface area contributed by atoms with E-state index in [1.54, 1.807) is 23.1 Å². The lowest BCUT2D eigenvalue weighted by atomic mass is 9.55. The van der Waals surface area contributed by atoms with Gasteiger partial charge in [0.25, 0.3) is 0 Å². The molecule has 0 aromatic heterocycles. The van der Waals surface area contributed by atoms with E-state index in [0.717, 1.165) is 47.6 Å². The minimum Gasteiger partial charge on any atom is -0.459 e. The summed E-state index contributed by atoms with van der Waals surface area (Å²) in [5, 5.41) is 26.8. The standard InChI is InChI=1S/C49H56ClFN2O8/c1-3-26-58-49-45(53(48(56)57-27-23-50)32-33-15-18-37(51)19-16-33)31-43(52-59-4-2)41-29-36(13-7-9-24-54)40(14-8-10-25-55)46(47(41)49)42-30-39(21-22-44(42)61-49)60-38-20-17-34-11-5-6-12-35(34)28-38/h3,5-6,11-12,15-22,28-30,36,40,45-47,54-55H,1,4,7-10,13-14,23-27,31-32H2,2H3/t36-,40+,45-,46+,47+,49+/m0/s1. The van der Waals surface area contributed by atoms with Gasteiger partial charge in [0, 0.05) is 37.7 Å². The molecule has 4 aromatic carbocycles. The Morgan fingerprint density at radius 1 is 0.984 bits per heavy atom. The largest absolute Gasteiger partial charge is 0.459 e. The summed E-state index contributed by atoms with van der Waals surface area (Å²) >= 11 is 6.06. The van der Waals surface area contributed by atoms with Crippen LogP contribution >= 0.6 is 11.6 Å². The van der Waals surface area contributed by atoms with Crippen LogP contribution in [0.2, 0.25) is 0 Å². The number of aliphatic hydroxyl groups excluding tert-OH is 2. The van der Waals surface area contributed by atoms with Gasteiger partial charge < -0.3 is 34.0 Å².